The molecule has 0 amide bonds. The average Bonchev–Trinajstić information content (AvgIpc) is 2.15. The monoisotopic (exact) mass is 203 g/mol. The number of nitrogens with one attached hydrogen (secondary N) is 1. The molecule has 0 aliphatic rings. The Bertz CT molecular complexity index is 173. The predicted molar refractivity (Wildman–Crippen MR) is 55.4 cm³/mol. The van der Waals surface area contributed by atoms with E-state index in [1.165, 1.54) is 0 Å². The fraction of sp³-hybridized carbons (Fsp3) is 0.900. The summed E-state index contributed by atoms with van der Waals surface area (Å²) in [6.45, 7) is 4.98. The van der Waals surface area contributed by atoms with Crippen molar-refractivity contribution in [3.8, 4) is 0 Å². The summed E-state index contributed by atoms with van der Waals surface area (Å²) in [5, 5.41) is 12.1. The second-order valence-corrected chi connectivity index (χ2v) is 3.66. The topological polar surface area (TPSA) is 58.6 Å². The molecule has 0 bridgehead atoms. The van der Waals surface area contributed by atoms with Gasteiger partial charge in [-0.25, -0.2) is 0 Å². The van der Waals surface area contributed by atoms with Gasteiger partial charge in [-0.3, -0.25) is 4.79 Å². The fourth-order valence-electron chi connectivity index (χ4n) is 1.12. The average molecular weight is 203 g/mol. The standard InChI is InChI=1S/C10H21NO3/c1-4-5-7-11-10(2,9(12)13)6-8-14-3/h11H,4-8H2,1-3H3,(H,12,13). The Morgan fingerprint density at radius 2 is 2.21 bits per heavy atom. The maximum atomic E-state index is 11.0. The molecule has 0 aliphatic heterocycles. The minimum atomic E-state index is -0.856. The van der Waals surface area contributed by atoms with Crippen LogP contribution in [0.4, 0.5) is 0 Å². The van der Waals surface area contributed by atoms with Gasteiger partial charge in [-0.2, -0.15) is 0 Å². The van der Waals surface area contributed by atoms with E-state index in [-0.39, 0.29) is 0 Å². The molecule has 0 fully saturated rings. The Labute approximate surface area is 85.6 Å². The highest BCUT2D eigenvalue weighted by atomic mass is 16.5. The summed E-state index contributed by atoms with van der Waals surface area (Å²) in [7, 11) is 1.58. The molecule has 0 saturated carbocycles. The van der Waals surface area contributed by atoms with E-state index < -0.39 is 11.5 Å². The third kappa shape index (κ3) is 4.58. The van der Waals surface area contributed by atoms with E-state index >= 15 is 0 Å². The second kappa shape index (κ2) is 6.79. The van der Waals surface area contributed by atoms with Crippen LogP contribution in [0.1, 0.15) is 33.1 Å². The number of carbonyl (C=O) groups is 1. The smallest absolute Gasteiger partial charge is 0.323 e. The second-order valence-electron chi connectivity index (χ2n) is 3.66. The lowest BCUT2D eigenvalue weighted by atomic mass is 9.98. The number of methoxy groups -OCH3 is 1. The SMILES string of the molecule is CCCCNC(C)(CCOC)C(=O)O. The lowest BCUT2D eigenvalue weighted by Gasteiger charge is -2.25. The number of carboxylic acids is 1. The molecule has 2 N–H and O–H groups in total. The predicted octanol–water partition coefficient (Wildman–Crippen LogP) is 1.26. The van der Waals surface area contributed by atoms with Gasteiger partial charge in [0.05, 0.1) is 0 Å². The lowest BCUT2D eigenvalue weighted by Crippen LogP contribution is -2.50. The molecule has 0 spiro atoms. The molecule has 0 heterocycles. The molecule has 4 heteroatoms. The quantitative estimate of drug-likeness (QED) is 0.583. The molecule has 1 atom stereocenters. The highest BCUT2D eigenvalue weighted by Crippen LogP contribution is 2.10. The first-order valence-electron chi connectivity index (χ1n) is 5.04. The fourth-order valence-corrected chi connectivity index (χ4v) is 1.12. The largest absolute Gasteiger partial charge is 0.480 e. The zero-order valence-corrected chi connectivity index (χ0v) is 9.30. The van der Waals surface area contributed by atoms with Crippen LogP contribution < -0.4 is 5.32 Å². The van der Waals surface area contributed by atoms with Crippen molar-refractivity contribution >= 4 is 5.97 Å². The summed E-state index contributed by atoms with van der Waals surface area (Å²) in [5.41, 5.74) is -0.856. The van der Waals surface area contributed by atoms with E-state index in [9.17, 15) is 4.79 Å². The zero-order chi connectivity index (χ0) is 11.0. The first-order valence-corrected chi connectivity index (χ1v) is 5.04. The van der Waals surface area contributed by atoms with E-state index in [4.69, 9.17) is 9.84 Å². The van der Waals surface area contributed by atoms with Crippen LogP contribution in [0.2, 0.25) is 0 Å². The Kier molecular flexibility index (Phi) is 6.49. The van der Waals surface area contributed by atoms with Crippen LogP contribution in [0, 0.1) is 0 Å². The summed E-state index contributed by atoms with van der Waals surface area (Å²) in [5.74, 6) is -0.814. The number of hydrogen-bond donors (Lipinski definition) is 2. The van der Waals surface area contributed by atoms with Crippen molar-refractivity contribution < 1.29 is 14.6 Å². The molecule has 14 heavy (non-hydrogen) atoms. The van der Waals surface area contributed by atoms with Gasteiger partial charge in [0, 0.05) is 13.7 Å². The van der Waals surface area contributed by atoms with Crippen molar-refractivity contribution in [1.29, 1.82) is 0 Å². The minimum Gasteiger partial charge on any atom is -0.480 e. The lowest BCUT2D eigenvalue weighted by molar-refractivity contribution is -0.145. The molecule has 0 aromatic carbocycles. The summed E-state index contributed by atoms with van der Waals surface area (Å²) in [4.78, 5) is 11.0. The van der Waals surface area contributed by atoms with Gasteiger partial charge in [-0.05, 0) is 26.3 Å². The summed E-state index contributed by atoms with van der Waals surface area (Å²) in [6.07, 6.45) is 2.55. The Morgan fingerprint density at radius 1 is 1.57 bits per heavy atom. The van der Waals surface area contributed by atoms with Crippen LogP contribution >= 0.6 is 0 Å². The van der Waals surface area contributed by atoms with Crippen molar-refractivity contribution in [1.82, 2.24) is 5.32 Å². The van der Waals surface area contributed by atoms with Crippen molar-refractivity contribution in [2.75, 3.05) is 20.3 Å². The summed E-state index contributed by atoms with van der Waals surface area (Å²) in [6, 6.07) is 0. The highest BCUT2D eigenvalue weighted by molar-refractivity contribution is 5.78. The number of aliphatic carboxylic acids is 1. The normalized spacial score (nSPS) is 15.1. The van der Waals surface area contributed by atoms with Crippen molar-refractivity contribution in [3.63, 3.8) is 0 Å². The van der Waals surface area contributed by atoms with Gasteiger partial charge < -0.3 is 15.2 Å². The zero-order valence-electron chi connectivity index (χ0n) is 9.30. The van der Waals surface area contributed by atoms with E-state index in [1.54, 1.807) is 14.0 Å². The maximum absolute atomic E-state index is 11.0. The number of carboxylic acid groups (broad SMARTS) is 1. The molecule has 0 radical (unpaired) electrons. The molecular formula is C10H21NO3. The van der Waals surface area contributed by atoms with Gasteiger partial charge in [-0.15, -0.1) is 0 Å². The molecular weight excluding hydrogens is 182 g/mol. The van der Waals surface area contributed by atoms with Gasteiger partial charge in [-0.1, -0.05) is 13.3 Å². The van der Waals surface area contributed by atoms with E-state index in [0.717, 1.165) is 19.4 Å². The number of ether oxygens (including phenoxy) is 1. The van der Waals surface area contributed by atoms with Crippen LogP contribution in [0.3, 0.4) is 0 Å². The van der Waals surface area contributed by atoms with Gasteiger partial charge in [0.2, 0.25) is 0 Å². The number of rotatable bonds is 8. The Balaban J connectivity index is 4.03. The molecule has 4 nitrogen and oxygen atoms in total. The van der Waals surface area contributed by atoms with Crippen LogP contribution in [0.25, 0.3) is 0 Å². The van der Waals surface area contributed by atoms with Crippen LogP contribution in [-0.2, 0) is 9.53 Å². The highest BCUT2D eigenvalue weighted by Gasteiger charge is 2.31. The molecule has 84 valence electrons. The van der Waals surface area contributed by atoms with Crippen LogP contribution in [-0.4, -0.2) is 36.9 Å². The maximum Gasteiger partial charge on any atom is 0.323 e. The van der Waals surface area contributed by atoms with E-state index in [2.05, 4.69) is 12.2 Å². The third-order valence-electron chi connectivity index (χ3n) is 2.32. The number of hydrogen-bond acceptors (Lipinski definition) is 3. The van der Waals surface area contributed by atoms with Crippen molar-refractivity contribution in [2.45, 2.75) is 38.6 Å². The first-order chi connectivity index (χ1) is 6.56. The molecule has 0 saturated heterocycles. The third-order valence-corrected chi connectivity index (χ3v) is 2.32. The molecule has 0 aliphatic carbocycles. The Hall–Kier alpha value is -0.610. The van der Waals surface area contributed by atoms with E-state index in [0.29, 0.717) is 13.0 Å². The van der Waals surface area contributed by atoms with Crippen molar-refractivity contribution in [2.24, 2.45) is 0 Å². The molecule has 1 unspecified atom stereocenters. The summed E-state index contributed by atoms with van der Waals surface area (Å²) < 4.78 is 4.89. The van der Waals surface area contributed by atoms with Crippen LogP contribution in [0.15, 0.2) is 0 Å². The van der Waals surface area contributed by atoms with Crippen molar-refractivity contribution in [3.05, 3.63) is 0 Å². The summed E-state index contributed by atoms with van der Waals surface area (Å²) >= 11 is 0. The minimum absolute atomic E-state index is 0.460. The van der Waals surface area contributed by atoms with Gasteiger partial charge in [0.1, 0.15) is 5.54 Å². The number of unbranched alkanes of at least 4 members (excludes halogenated alkanes) is 1. The first kappa shape index (κ1) is 13.4. The van der Waals surface area contributed by atoms with Gasteiger partial charge in [0.15, 0.2) is 0 Å². The van der Waals surface area contributed by atoms with Gasteiger partial charge >= 0.3 is 5.97 Å². The molecule has 0 aromatic rings. The molecule has 0 rings (SSSR count). The van der Waals surface area contributed by atoms with Crippen LogP contribution in [0.5, 0.6) is 0 Å². The molecule has 0 aromatic heterocycles. The van der Waals surface area contributed by atoms with Gasteiger partial charge in [0.25, 0.3) is 0 Å². The Morgan fingerprint density at radius 3 is 2.64 bits per heavy atom. The van der Waals surface area contributed by atoms with E-state index in [1.807, 2.05) is 0 Å².